The number of hydrogen-bond donors (Lipinski definition) is 1. The summed E-state index contributed by atoms with van der Waals surface area (Å²) in [4.78, 5) is 13.1. The lowest BCUT2D eigenvalue weighted by Crippen LogP contribution is -2.28. The standard InChI is InChI=1S/C23H21N3O2/c1-15(22-13-17-7-5-6-10-21(17)28-22)24-23(27)20-14-19(16-11-12-16)25-26(20)18-8-3-2-4-9-18/h2-10,13-16H,11-12H2,1H3,(H,24,27)/t15-/m1/s1. The molecule has 0 saturated heterocycles. The number of aromatic nitrogens is 2. The van der Waals surface area contributed by atoms with Crippen molar-refractivity contribution >= 4 is 16.9 Å². The molecule has 1 fully saturated rings. The number of furan rings is 1. The highest BCUT2D eigenvalue weighted by Crippen LogP contribution is 2.39. The molecule has 0 unspecified atom stereocenters. The minimum absolute atomic E-state index is 0.156. The summed E-state index contributed by atoms with van der Waals surface area (Å²) in [6.45, 7) is 1.93. The maximum Gasteiger partial charge on any atom is 0.270 e. The van der Waals surface area contributed by atoms with Crippen molar-refractivity contribution < 1.29 is 9.21 Å². The van der Waals surface area contributed by atoms with Crippen LogP contribution in [0.5, 0.6) is 0 Å². The van der Waals surface area contributed by atoms with Gasteiger partial charge in [0, 0.05) is 11.3 Å². The first-order valence-corrected chi connectivity index (χ1v) is 9.64. The summed E-state index contributed by atoms with van der Waals surface area (Å²) in [7, 11) is 0. The normalized spacial score (nSPS) is 14.9. The molecule has 1 aliphatic rings. The molecule has 2 aromatic heterocycles. The van der Waals surface area contributed by atoms with Crippen molar-refractivity contribution in [2.75, 3.05) is 0 Å². The van der Waals surface area contributed by atoms with Gasteiger partial charge < -0.3 is 9.73 Å². The zero-order valence-corrected chi connectivity index (χ0v) is 15.6. The van der Waals surface area contributed by atoms with Crippen molar-refractivity contribution in [3.63, 3.8) is 0 Å². The molecule has 140 valence electrons. The van der Waals surface area contributed by atoms with E-state index in [0.717, 1.165) is 41.0 Å². The largest absolute Gasteiger partial charge is 0.459 e. The molecule has 5 heteroatoms. The topological polar surface area (TPSA) is 60.1 Å². The Bertz CT molecular complexity index is 1110. The molecule has 4 aromatic rings. The van der Waals surface area contributed by atoms with Gasteiger partial charge in [-0.3, -0.25) is 4.79 Å². The highest BCUT2D eigenvalue weighted by atomic mass is 16.3. The van der Waals surface area contributed by atoms with E-state index in [1.165, 1.54) is 0 Å². The summed E-state index contributed by atoms with van der Waals surface area (Å²) in [5.41, 5.74) is 3.25. The first-order valence-electron chi connectivity index (χ1n) is 9.64. The van der Waals surface area contributed by atoms with Gasteiger partial charge in [-0.15, -0.1) is 0 Å². The molecule has 0 radical (unpaired) electrons. The molecule has 5 rings (SSSR count). The second kappa shape index (κ2) is 6.68. The number of nitrogens with one attached hydrogen (secondary N) is 1. The van der Waals surface area contributed by atoms with Crippen molar-refractivity contribution in [3.05, 3.63) is 83.9 Å². The third-order valence-corrected chi connectivity index (χ3v) is 5.18. The van der Waals surface area contributed by atoms with E-state index in [9.17, 15) is 4.79 Å². The summed E-state index contributed by atoms with van der Waals surface area (Å²) in [6, 6.07) is 21.3. The summed E-state index contributed by atoms with van der Waals surface area (Å²) >= 11 is 0. The van der Waals surface area contributed by atoms with Crippen LogP contribution in [0.2, 0.25) is 0 Å². The summed E-state index contributed by atoms with van der Waals surface area (Å²) < 4.78 is 7.64. The van der Waals surface area contributed by atoms with Crippen molar-refractivity contribution in [3.8, 4) is 5.69 Å². The van der Waals surface area contributed by atoms with E-state index in [1.54, 1.807) is 4.68 Å². The number of carbonyl (C=O) groups excluding carboxylic acids is 1. The van der Waals surface area contributed by atoms with Crippen LogP contribution in [0.4, 0.5) is 0 Å². The minimum atomic E-state index is -0.247. The molecule has 1 aliphatic carbocycles. The van der Waals surface area contributed by atoms with Crippen molar-refractivity contribution in [1.82, 2.24) is 15.1 Å². The molecule has 1 atom stereocenters. The molecule has 1 N–H and O–H groups in total. The molecule has 1 amide bonds. The predicted octanol–water partition coefficient (Wildman–Crippen LogP) is 4.99. The SMILES string of the molecule is C[C@@H](NC(=O)c1cc(C2CC2)nn1-c1ccccc1)c1cc2ccccc2o1. The molecule has 28 heavy (non-hydrogen) atoms. The summed E-state index contributed by atoms with van der Waals surface area (Å²) in [5.74, 6) is 1.06. The molecule has 0 bridgehead atoms. The van der Waals surface area contributed by atoms with Crippen LogP contribution in [0.25, 0.3) is 16.7 Å². The monoisotopic (exact) mass is 371 g/mol. The molecule has 0 spiro atoms. The lowest BCUT2D eigenvalue weighted by molar-refractivity contribution is 0.0928. The van der Waals surface area contributed by atoms with Crippen LogP contribution >= 0.6 is 0 Å². The number of fused-ring (bicyclic) bond motifs is 1. The van der Waals surface area contributed by atoms with Gasteiger partial charge in [0.2, 0.25) is 0 Å². The van der Waals surface area contributed by atoms with Crippen molar-refractivity contribution in [1.29, 1.82) is 0 Å². The van der Waals surface area contributed by atoms with Crippen LogP contribution in [0.15, 0.2) is 71.1 Å². The Kier molecular flexibility index (Phi) is 4.01. The Morgan fingerprint density at radius 3 is 2.61 bits per heavy atom. The first kappa shape index (κ1) is 16.8. The van der Waals surface area contributed by atoms with Gasteiger partial charge in [-0.05, 0) is 50.1 Å². The van der Waals surface area contributed by atoms with Crippen molar-refractivity contribution in [2.24, 2.45) is 0 Å². The van der Waals surface area contributed by atoms with Gasteiger partial charge >= 0.3 is 0 Å². The minimum Gasteiger partial charge on any atom is -0.459 e. The van der Waals surface area contributed by atoms with Gasteiger partial charge in [0.15, 0.2) is 0 Å². The Labute approximate surface area is 163 Å². The average molecular weight is 371 g/mol. The average Bonchev–Trinajstić information content (AvgIpc) is 3.32. The molecule has 5 nitrogen and oxygen atoms in total. The van der Waals surface area contributed by atoms with E-state index in [2.05, 4.69) is 5.32 Å². The van der Waals surface area contributed by atoms with Crippen molar-refractivity contribution in [2.45, 2.75) is 31.7 Å². The van der Waals surface area contributed by atoms with Crippen LogP contribution in [0, 0.1) is 0 Å². The molecular weight excluding hydrogens is 350 g/mol. The van der Waals surface area contributed by atoms with Crippen LogP contribution in [0.1, 0.15) is 53.7 Å². The number of benzene rings is 2. The van der Waals surface area contributed by atoms with Crippen LogP contribution in [-0.4, -0.2) is 15.7 Å². The number of amides is 1. The van der Waals surface area contributed by atoms with Crippen LogP contribution in [-0.2, 0) is 0 Å². The second-order valence-corrected chi connectivity index (χ2v) is 7.36. The number of carbonyl (C=O) groups is 1. The number of para-hydroxylation sites is 2. The number of rotatable bonds is 5. The van der Waals surface area contributed by atoms with E-state index in [-0.39, 0.29) is 11.9 Å². The maximum absolute atomic E-state index is 13.1. The van der Waals surface area contributed by atoms with Gasteiger partial charge in [-0.1, -0.05) is 36.4 Å². The molecule has 1 saturated carbocycles. The van der Waals surface area contributed by atoms with Gasteiger partial charge in [-0.2, -0.15) is 5.10 Å². The smallest absolute Gasteiger partial charge is 0.270 e. The second-order valence-electron chi connectivity index (χ2n) is 7.36. The van der Waals surface area contributed by atoms with Crippen LogP contribution in [0.3, 0.4) is 0 Å². The van der Waals surface area contributed by atoms with E-state index in [1.807, 2.05) is 73.7 Å². The number of hydrogen-bond acceptors (Lipinski definition) is 3. The van der Waals surface area contributed by atoms with Gasteiger partial charge in [0.25, 0.3) is 5.91 Å². The number of nitrogens with zero attached hydrogens (tertiary/aromatic N) is 2. The highest BCUT2D eigenvalue weighted by Gasteiger charge is 2.29. The van der Waals surface area contributed by atoms with E-state index in [0.29, 0.717) is 11.6 Å². The quantitative estimate of drug-likeness (QED) is 0.538. The fourth-order valence-electron chi connectivity index (χ4n) is 3.46. The zero-order chi connectivity index (χ0) is 19.1. The molecule has 2 heterocycles. The van der Waals surface area contributed by atoms with E-state index >= 15 is 0 Å². The summed E-state index contributed by atoms with van der Waals surface area (Å²) in [6.07, 6.45) is 2.28. The predicted molar refractivity (Wildman–Crippen MR) is 108 cm³/mol. The van der Waals surface area contributed by atoms with Gasteiger partial charge in [-0.25, -0.2) is 4.68 Å². The highest BCUT2D eigenvalue weighted by molar-refractivity contribution is 5.93. The Morgan fingerprint density at radius 1 is 1.11 bits per heavy atom. The Morgan fingerprint density at radius 2 is 1.86 bits per heavy atom. The Hall–Kier alpha value is -3.34. The third kappa shape index (κ3) is 3.09. The van der Waals surface area contributed by atoms with E-state index in [4.69, 9.17) is 9.52 Å². The summed E-state index contributed by atoms with van der Waals surface area (Å²) in [5, 5.41) is 8.80. The lowest BCUT2D eigenvalue weighted by atomic mass is 10.2. The lowest BCUT2D eigenvalue weighted by Gasteiger charge is -2.12. The molecule has 2 aromatic carbocycles. The van der Waals surface area contributed by atoms with E-state index < -0.39 is 0 Å². The van der Waals surface area contributed by atoms with Gasteiger partial charge in [0.1, 0.15) is 17.0 Å². The fraction of sp³-hybridized carbons (Fsp3) is 0.217. The fourth-order valence-corrected chi connectivity index (χ4v) is 3.46. The van der Waals surface area contributed by atoms with Gasteiger partial charge in [0.05, 0.1) is 17.4 Å². The molecule has 0 aliphatic heterocycles. The maximum atomic E-state index is 13.1. The Balaban J connectivity index is 1.44. The van der Waals surface area contributed by atoms with Crippen LogP contribution < -0.4 is 5.32 Å². The third-order valence-electron chi connectivity index (χ3n) is 5.18. The zero-order valence-electron chi connectivity index (χ0n) is 15.6. The first-order chi connectivity index (χ1) is 13.7. The molecular formula is C23H21N3O2.